The van der Waals surface area contributed by atoms with Crippen molar-refractivity contribution in [3.63, 3.8) is 0 Å². The second-order valence-corrected chi connectivity index (χ2v) is 12.9. The first kappa shape index (κ1) is 29.0. The van der Waals surface area contributed by atoms with Gasteiger partial charge in [0.15, 0.2) is 5.78 Å². The zero-order valence-electron chi connectivity index (χ0n) is 25.8. The molecule has 4 aromatic carbocycles. The van der Waals surface area contributed by atoms with Crippen molar-refractivity contribution in [1.82, 2.24) is 0 Å². The summed E-state index contributed by atoms with van der Waals surface area (Å²) in [7, 11) is 0. The molecule has 0 amide bonds. The number of carboxylic acids is 1. The lowest BCUT2D eigenvalue weighted by atomic mass is 9.79. The van der Waals surface area contributed by atoms with E-state index in [1.807, 2.05) is 43.3 Å². The number of rotatable bonds is 6. The average Bonchev–Trinajstić information content (AvgIpc) is 3.64. The Kier molecular flexibility index (Phi) is 7.97. The Morgan fingerprint density at radius 2 is 1.56 bits per heavy atom. The van der Waals surface area contributed by atoms with E-state index in [-0.39, 0.29) is 17.3 Å². The lowest BCUT2D eigenvalue weighted by molar-refractivity contribution is -0.133. The molecule has 0 aromatic heterocycles. The number of hydrogen-bond acceptors (Lipinski definition) is 3. The standard InChI is InChI=1S/C41H39NO3/c1-27-10-8-15-33(31-13-6-3-7-14-31)40(43)36(39(27)41(44)45)26-30-20-23-38-35(25-30)34-16-9-17-37(34)42(38)32-21-18-29(19-22-32)24-28-11-4-2-5-12-28/h2-7,11-14,18-23,25-26,33-34,37H,8-10,15-17,24H2,1H3,(H,44,45). The Morgan fingerprint density at radius 3 is 2.29 bits per heavy atom. The van der Waals surface area contributed by atoms with E-state index in [0.717, 1.165) is 42.4 Å². The van der Waals surface area contributed by atoms with Crippen LogP contribution in [0, 0.1) is 0 Å². The molecule has 3 unspecified atom stereocenters. The summed E-state index contributed by atoms with van der Waals surface area (Å²) in [6, 6.07) is 36.2. The molecule has 3 aliphatic rings. The number of nitrogens with zero attached hydrogens (tertiary/aromatic N) is 1. The molecule has 4 nitrogen and oxygen atoms in total. The van der Waals surface area contributed by atoms with Crippen molar-refractivity contribution < 1.29 is 14.7 Å². The number of hydrogen-bond donors (Lipinski definition) is 1. The summed E-state index contributed by atoms with van der Waals surface area (Å²) in [5, 5.41) is 10.3. The summed E-state index contributed by atoms with van der Waals surface area (Å²) in [6.45, 7) is 1.86. The van der Waals surface area contributed by atoms with Gasteiger partial charge in [0.2, 0.25) is 0 Å². The van der Waals surface area contributed by atoms with Crippen molar-refractivity contribution in [2.45, 2.75) is 69.7 Å². The van der Waals surface area contributed by atoms with Gasteiger partial charge in [0.05, 0.1) is 5.57 Å². The SMILES string of the molecule is CC1=C(C(=O)O)C(=Cc2ccc3c(c2)C2CCCC2N3c2ccc(Cc3ccccc3)cc2)C(=O)C(c2ccccc2)CCC1. The summed E-state index contributed by atoms with van der Waals surface area (Å²) in [6.07, 6.45) is 8.38. The van der Waals surface area contributed by atoms with Crippen LogP contribution in [-0.4, -0.2) is 22.9 Å². The van der Waals surface area contributed by atoms with Gasteiger partial charge in [-0.05, 0) is 104 Å². The van der Waals surface area contributed by atoms with Gasteiger partial charge in [-0.2, -0.15) is 0 Å². The van der Waals surface area contributed by atoms with Crippen LogP contribution in [0.1, 0.15) is 85.1 Å². The van der Waals surface area contributed by atoms with E-state index in [1.165, 1.54) is 34.5 Å². The molecule has 3 atom stereocenters. The average molecular weight is 594 g/mol. The quantitative estimate of drug-likeness (QED) is 0.226. The number of anilines is 2. The van der Waals surface area contributed by atoms with Gasteiger partial charge in [-0.1, -0.05) is 90.9 Å². The molecule has 0 bridgehead atoms. The first-order valence-electron chi connectivity index (χ1n) is 16.3. The second-order valence-electron chi connectivity index (χ2n) is 12.9. The third kappa shape index (κ3) is 5.66. The number of carboxylic acid groups (broad SMARTS) is 1. The molecule has 2 aliphatic carbocycles. The van der Waals surface area contributed by atoms with Crippen LogP contribution in [0.3, 0.4) is 0 Å². The third-order valence-electron chi connectivity index (χ3n) is 10.0. The molecule has 1 saturated carbocycles. The summed E-state index contributed by atoms with van der Waals surface area (Å²) in [4.78, 5) is 29.3. The molecule has 1 N–H and O–H groups in total. The van der Waals surface area contributed by atoms with E-state index < -0.39 is 5.97 Å². The van der Waals surface area contributed by atoms with Gasteiger partial charge in [-0.25, -0.2) is 4.79 Å². The fourth-order valence-corrected chi connectivity index (χ4v) is 7.89. The first-order valence-corrected chi connectivity index (χ1v) is 16.3. The predicted molar refractivity (Wildman–Crippen MR) is 181 cm³/mol. The smallest absolute Gasteiger partial charge is 0.336 e. The van der Waals surface area contributed by atoms with Gasteiger partial charge < -0.3 is 10.0 Å². The Labute approximate surface area is 265 Å². The van der Waals surface area contributed by atoms with Crippen LogP contribution in [-0.2, 0) is 16.0 Å². The van der Waals surface area contributed by atoms with Crippen molar-refractivity contribution in [3.8, 4) is 0 Å². The molecular weight excluding hydrogens is 554 g/mol. The number of aliphatic carboxylic acids is 1. The summed E-state index contributed by atoms with van der Waals surface area (Å²) in [5.74, 6) is -1.06. The highest BCUT2D eigenvalue weighted by atomic mass is 16.4. The molecule has 7 rings (SSSR count). The molecule has 1 fully saturated rings. The van der Waals surface area contributed by atoms with Crippen LogP contribution in [0.15, 0.2) is 120 Å². The highest BCUT2D eigenvalue weighted by molar-refractivity contribution is 6.15. The van der Waals surface area contributed by atoms with Crippen LogP contribution in [0.4, 0.5) is 11.4 Å². The van der Waals surface area contributed by atoms with Gasteiger partial charge in [0, 0.05) is 34.8 Å². The minimum absolute atomic E-state index is 0.103. The van der Waals surface area contributed by atoms with Crippen LogP contribution >= 0.6 is 0 Å². The van der Waals surface area contributed by atoms with Crippen LogP contribution in [0.5, 0.6) is 0 Å². The maximum atomic E-state index is 14.2. The summed E-state index contributed by atoms with van der Waals surface area (Å²) >= 11 is 0. The Morgan fingerprint density at radius 1 is 0.844 bits per heavy atom. The summed E-state index contributed by atoms with van der Waals surface area (Å²) < 4.78 is 0. The van der Waals surface area contributed by atoms with Crippen LogP contribution < -0.4 is 4.90 Å². The van der Waals surface area contributed by atoms with E-state index in [1.54, 1.807) is 0 Å². The van der Waals surface area contributed by atoms with Gasteiger partial charge in [-0.15, -0.1) is 0 Å². The van der Waals surface area contributed by atoms with Crippen LogP contribution in [0.25, 0.3) is 6.08 Å². The molecule has 0 radical (unpaired) electrons. The second kappa shape index (κ2) is 12.4. The molecule has 4 aromatic rings. The van der Waals surface area contributed by atoms with E-state index in [2.05, 4.69) is 77.7 Å². The number of Topliss-reactive ketones (excluding diaryl/α,β-unsaturated/α-hetero) is 1. The summed E-state index contributed by atoms with van der Waals surface area (Å²) in [5.41, 5.74) is 9.43. The third-order valence-corrected chi connectivity index (χ3v) is 10.0. The first-order chi connectivity index (χ1) is 22.0. The maximum absolute atomic E-state index is 14.2. The Bertz CT molecular complexity index is 1790. The largest absolute Gasteiger partial charge is 0.478 e. The topological polar surface area (TPSA) is 57.6 Å². The molecule has 1 heterocycles. The van der Waals surface area contributed by atoms with Crippen molar-refractivity contribution in [1.29, 1.82) is 0 Å². The Hall–Kier alpha value is -4.70. The van der Waals surface area contributed by atoms with Crippen molar-refractivity contribution in [2.24, 2.45) is 0 Å². The predicted octanol–water partition coefficient (Wildman–Crippen LogP) is 9.39. The van der Waals surface area contributed by atoms with Crippen molar-refractivity contribution in [3.05, 3.63) is 148 Å². The fourth-order valence-electron chi connectivity index (χ4n) is 7.89. The van der Waals surface area contributed by atoms with Gasteiger partial charge in [0.25, 0.3) is 0 Å². The Balaban J connectivity index is 1.25. The van der Waals surface area contributed by atoms with E-state index in [0.29, 0.717) is 30.4 Å². The number of benzene rings is 4. The van der Waals surface area contributed by atoms with Crippen molar-refractivity contribution in [2.75, 3.05) is 4.90 Å². The van der Waals surface area contributed by atoms with E-state index in [4.69, 9.17) is 0 Å². The maximum Gasteiger partial charge on any atom is 0.336 e. The lowest BCUT2D eigenvalue weighted by Crippen LogP contribution is -2.26. The molecule has 0 spiro atoms. The van der Waals surface area contributed by atoms with Crippen molar-refractivity contribution >= 4 is 29.2 Å². The minimum atomic E-state index is -1.03. The zero-order valence-corrected chi connectivity index (χ0v) is 25.8. The monoisotopic (exact) mass is 593 g/mol. The van der Waals surface area contributed by atoms with Gasteiger partial charge in [0.1, 0.15) is 0 Å². The van der Waals surface area contributed by atoms with Gasteiger partial charge in [-0.3, -0.25) is 4.79 Å². The molecule has 4 heteroatoms. The molecule has 1 aliphatic heterocycles. The normalized spacial score (nSPS) is 22.2. The highest BCUT2D eigenvalue weighted by Crippen LogP contribution is 2.52. The molecule has 0 saturated heterocycles. The van der Waals surface area contributed by atoms with Crippen LogP contribution in [0.2, 0.25) is 0 Å². The van der Waals surface area contributed by atoms with E-state index >= 15 is 0 Å². The fraction of sp³-hybridized carbons (Fsp3) is 0.268. The van der Waals surface area contributed by atoms with E-state index in [9.17, 15) is 14.7 Å². The number of carbonyl (C=O) groups is 2. The molecule has 226 valence electrons. The molecule has 45 heavy (non-hydrogen) atoms. The zero-order chi connectivity index (χ0) is 30.9. The number of ketones is 1. The number of carbonyl (C=O) groups excluding carboxylic acids is 1. The molecular formula is C41H39NO3. The number of fused-ring (bicyclic) bond motifs is 3. The lowest BCUT2D eigenvalue weighted by Gasteiger charge is -2.27. The number of allylic oxidation sites excluding steroid dienone is 1. The van der Waals surface area contributed by atoms with Gasteiger partial charge >= 0.3 is 5.97 Å². The highest BCUT2D eigenvalue weighted by Gasteiger charge is 2.42. The minimum Gasteiger partial charge on any atom is -0.478 e.